The second-order valence-corrected chi connectivity index (χ2v) is 6.70. The Bertz CT molecular complexity index is 545. The molecule has 0 fully saturated rings. The van der Waals surface area contributed by atoms with E-state index in [4.69, 9.17) is 4.74 Å². The summed E-state index contributed by atoms with van der Waals surface area (Å²) in [4.78, 5) is 24.5. The highest BCUT2D eigenvalue weighted by atomic mass is 16.6. The fourth-order valence-electron chi connectivity index (χ4n) is 3.01. The molecule has 0 amide bonds. The smallest absolute Gasteiger partial charge is 0.307 e. The number of unbranched alkanes of at least 4 members (excludes halogenated alkanes) is 4. The van der Waals surface area contributed by atoms with Gasteiger partial charge in [-0.2, -0.15) is 0 Å². The number of hydrogen-bond acceptors (Lipinski definition) is 5. The van der Waals surface area contributed by atoms with Crippen LogP contribution in [0.3, 0.4) is 0 Å². The molecule has 0 radical (unpaired) electrons. The molecule has 1 atom stereocenters. The minimum Gasteiger partial charge on any atom is -0.466 e. The third-order valence-electron chi connectivity index (χ3n) is 4.55. The summed E-state index contributed by atoms with van der Waals surface area (Å²) in [6, 6.07) is 6.71. The molecule has 0 heterocycles. The molecule has 0 bridgehead atoms. The number of esters is 1. The van der Waals surface area contributed by atoms with Gasteiger partial charge in [0.05, 0.1) is 18.0 Å². The zero-order chi connectivity index (χ0) is 19.4. The Kier molecular flexibility index (Phi) is 10.5. The number of carbonyl (C=O) groups excluding carboxylic acids is 1. The Labute approximate surface area is 156 Å². The largest absolute Gasteiger partial charge is 0.466 e. The number of nitrogens with zero attached hydrogens (tertiary/aromatic N) is 2. The van der Waals surface area contributed by atoms with Crippen molar-refractivity contribution in [3.05, 3.63) is 39.9 Å². The maximum absolute atomic E-state index is 11.9. The predicted octanol–water partition coefficient (Wildman–Crippen LogP) is 4.71. The molecule has 0 aromatic heterocycles. The zero-order valence-corrected chi connectivity index (χ0v) is 16.3. The molecule has 26 heavy (non-hydrogen) atoms. The van der Waals surface area contributed by atoms with E-state index in [1.807, 2.05) is 14.0 Å². The van der Waals surface area contributed by atoms with E-state index in [0.29, 0.717) is 19.6 Å². The van der Waals surface area contributed by atoms with Gasteiger partial charge >= 0.3 is 5.97 Å². The standard InChI is InChI=1S/C20H32N2O4/c1-4-6-7-8-9-10-19(15-20(23)26-5-2)21(3)16-17-11-13-18(14-12-17)22(24)25/h11-14,19H,4-10,15-16H2,1-3H3. The first-order valence-corrected chi connectivity index (χ1v) is 9.57. The number of non-ortho nitro benzene ring substituents is 1. The molecule has 0 N–H and O–H groups in total. The fraction of sp³-hybridized carbons (Fsp3) is 0.650. The Morgan fingerprint density at radius 1 is 1.15 bits per heavy atom. The lowest BCUT2D eigenvalue weighted by Gasteiger charge is -2.27. The van der Waals surface area contributed by atoms with Crippen LogP contribution in [0.25, 0.3) is 0 Å². The van der Waals surface area contributed by atoms with Gasteiger partial charge in [0.15, 0.2) is 0 Å². The highest BCUT2D eigenvalue weighted by molar-refractivity contribution is 5.70. The molecule has 146 valence electrons. The van der Waals surface area contributed by atoms with E-state index in [1.54, 1.807) is 12.1 Å². The van der Waals surface area contributed by atoms with Gasteiger partial charge in [-0.05, 0) is 26.0 Å². The summed E-state index contributed by atoms with van der Waals surface area (Å²) < 4.78 is 5.12. The number of carbonyl (C=O) groups is 1. The molecule has 0 aliphatic carbocycles. The number of hydrogen-bond donors (Lipinski definition) is 0. The monoisotopic (exact) mass is 364 g/mol. The van der Waals surface area contributed by atoms with Gasteiger partial charge in [0.2, 0.25) is 0 Å². The van der Waals surface area contributed by atoms with Crippen molar-refractivity contribution in [1.29, 1.82) is 0 Å². The van der Waals surface area contributed by atoms with Gasteiger partial charge in [-0.25, -0.2) is 0 Å². The molecule has 0 saturated heterocycles. The summed E-state index contributed by atoms with van der Waals surface area (Å²) in [5.74, 6) is -0.165. The first-order valence-electron chi connectivity index (χ1n) is 9.57. The molecule has 1 aromatic carbocycles. The van der Waals surface area contributed by atoms with Gasteiger partial charge in [0.25, 0.3) is 5.69 Å². The highest BCUT2D eigenvalue weighted by Gasteiger charge is 2.19. The van der Waals surface area contributed by atoms with Crippen LogP contribution in [0.5, 0.6) is 0 Å². The number of ether oxygens (including phenoxy) is 1. The topological polar surface area (TPSA) is 72.7 Å². The van der Waals surface area contributed by atoms with E-state index >= 15 is 0 Å². The SMILES string of the molecule is CCCCCCCC(CC(=O)OCC)N(C)Cc1ccc([N+](=O)[O-])cc1. The van der Waals surface area contributed by atoms with Crippen molar-refractivity contribution in [1.82, 2.24) is 4.90 Å². The number of benzene rings is 1. The van der Waals surface area contributed by atoms with Crippen LogP contribution in [0, 0.1) is 10.1 Å². The Balaban J connectivity index is 2.63. The summed E-state index contributed by atoms with van der Waals surface area (Å²) >= 11 is 0. The van der Waals surface area contributed by atoms with E-state index in [1.165, 1.54) is 37.8 Å². The maximum atomic E-state index is 11.9. The third kappa shape index (κ3) is 8.43. The van der Waals surface area contributed by atoms with E-state index in [9.17, 15) is 14.9 Å². The molecule has 0 aliphatic heterocycles. The lowest BCUT2D eigenvalue weighted by molar-refractivity contribution is -0.384. The molecular formula is C20H32N2O4. The maximum Gasteiger partial charge on any atom is 0.307 e. The highest BCUT2D eigenvalue weighted by Crippen LogP contribution is 2.18. The average molecular weight is 364 g/mol. The van der Waals surface area contributed by atoms with Crippen LogP contribution in [-0.4, -0.2) is 35.5 Å². The Hall–Kier alpha value is -1.95. The van der Waals surface area contributed by atoms with Crippen LogP contribution in [0.15, 0.2) is 24.3 Å². The van der Waals surface area contributed by atoms with Crippen molar-refractivity contribution in [2.75, 3.05) is 13.7 Å². The van der Waals surface area contributed by atoms with Gasteiger partial charge in [-0.1, -0.05) is 51.2 Å². The molecule has 6 nitrogen and oxygen atoms in total. The zero-order valence-electron chi connectivity index (χ0n) is 16.3. The number of rotatable bonds is 13. The van der Waals surface area contributed by atoms with E-state index in [0.717, 1.165) is 18.4 Å². The minimum atomic E-state index is -0.395. The normalized spacial score (nSPS) is 12.2. The summed E-state index contributed by atoms with van der Waals surface area (Å²) in [6.45, 7) is 5.06. The van der Waals surface area contributed by atoms with E-state index in [2.05, 4.69) is 11.8 Å². The van der Waals surface area contributed by atoms with Crippen LogP contribution >= 0.6 is 0 Å². The van der Waals surface area contributed by atoms with E-state index < -0.39 is 4.92 Å². The van der Waals surface area contributed by atoms with Crippen molar-refractivity contribution >= 4 is 11.7 Å². The van der Waals surface area contributed by atoms with Crippen molar-refractivity contribution in [2.45, 2.75) is 71.4 Å². The summed E-state index contributed by atoms with van der Waals surface area (Å²) in [5, 5.41) is 10.8. The molecule has 1 aromatic rings. The van der Waals surface area contributed by atoms with Crippen LogP contribution < -0.4 is 0 Å². The van der Waals surface area contributed by atoms with Crippen molar-refractivity contribution in [2.24, 2.45) is 0 Å². The average Bonchev–Trinajstić information content (AvgIpc) is 2.61. The van der Waals surface area contributed by atoms with Gasteiger partial charge < -0.3 is 4.74 Å². The fourth-order valence-corrected chi connectivity index (χ4v) is 3.01. The van der Waals surface area contributed by atoms with Gasteiger partial charge in [-0.15, -0.1) is 0 Å². The molecule has 0 aliphatic rings. The summed E-state index contributed by atoms with van der Waals surface area (Å²) in [7, 11) is 2.00. The molecule has 6 heteroatoms. The van der Waals surface area contributed by atoms with Crippen LogP contribution in [0.1, 0.15) is 64.4 Å². The third-order valence-corrected chi connectivity index (χ3v) is 4.55. The molecule has 0 saturated carbocycles. The predicted molar refractivity (Wildman–Crippen MR) is 103 cm³/mol. The Morgan fingerprint density at radius 2 is 1.81 bits per heavy atom. The van der Waals surface area contributed by atoms with Gasteiger partial charge in [0.1, 0.15) is 0 Å². The number of nitro benzene ring substituents is 1. The molecular weight excluding hydrogens is 332 g/mol. The summed E-state index contributed by atoms with van der Waals surface area (Å²) in [5.41, 5.74) is 1.09. The van der Waals surface area contributed by atoms with Crippen molar-refractivity contribution in [3.8, 4) is 0 Å². The van der Waals surface area contributed by atoms with Crippen molar-refractivity contribution < 1.29 is 14.5 Å². The number of nitro groups is 1. The molecule has 0 spiro atoms. The van der Waals surface area contributed by atoms with Crippen LogP contribution in [-0.2, 0) is 16.1 Å². The molecule has 1 rings (SSSR count). The van der Waals surface area contributed by atoms with Crippen LogP contribution in [0.4, 0.5) is 5.69 Å². The lowest BCUT2D eigenvalue weighted by atomic mass is 10.0. The van der Waals surface area contributed by atoms with Crippen LogP contribution in [0.2, 0.25) is 0 Å². The van der Waals surface area contributed by atoms with Gasteiger partial charge in [-0.3, -0.25) is 19.8 Å². The summed E-state index contributed by atoms with van der Waals surface area (Å²) in [6.07, 6.45) is 7.30. The van der Waals surface area contributed by atoms with Gasteiger partial charge in [0, 0.05) is 24.7 Å². The Morgan fingerprint density at radius 3 is 2.38 bits per heavy atom. The second kappa shape index (κ2) is 12.4. The quantitative estimate of drug-likeness (QED) is 0.219. The first-order chi connectivity index (χ1) is 12.5. The first kappa shape index (κ1) is 22.1. The molecule has 1 unspecified atom stereocenters. The minimum absolute atomic E-state index is 0.0930. The lowest BCUT2D eigenvalue weighted by Crippen LogP contribution is -2.33. The second-order valence-electron chi connectivity index (χ2n) is 6.70. The van der Waals surface area contributed by atoms with E-state index in [-0.39, 0.29) is 17.7 Å². The van der Waals surface area contributed by atoms with Crippen molar-refractivity contribution in [3.63, 3.8) is 0 Å².